The molecule has 28 heavy (non-hydrogen) atoms. The third kappa shape index (κ3) is 3.19. The number of para-hydroxylation sites is 1. The number of aromatic nitrogens is 1. The molecule has 0 bridgehead atoms. The zero-order chi connectivity index (χ0) is 18.9. The van der Waals surface area contributed by atoms with Crippen molar-refractivity contribution in [2.24, 2.45) is 4.99 Å². The molecule has 2 aromatic rings. The summed E-state index contributed by atoms with van der Waals surface area (Å²) in [6, 6.07) is 10.4. The zero-order valence-corrected chi connectivity index (χ0v) is 16.2. The summed E-state index contributed by atoms with van der Waals surface area (Å²) < 4.78 is 0. The Morgan fingerprint density at radius 2 is 1.71 bits per heavy atom. The molecule has 1 amide bonds. The van der Waals surface area contributed by atoms with E-state index in [0.717, 1.165) is 67.0 Å². The molecular formula is C23H26N4O. The second-order valence-electron chi connectivity index (χ2n) is 7.97. The number of amides is 1. The lowest BCUT2D eigenvalue weighted by Crippen LogP contribution is -2.31. The van der Waals surface area contributed by atoms with Gasteiger partial charge in [0.05, 0.1) is 5.52 Å². The summed E-state index contributed by atoms with van der Waals surface area (Å²) >= 11 is 0. The molecule has 5 rings (SSSR count). The molecule has 3 aliphatic heterocycles. The lowest BCUT2D eigenvalue weighted by atomic mass is 10.1. The van der Waals surface area contributed by atoms with Gasteiger partial charge in [-0.2, -0.15) is 0 Å². The molecule has 5 nitrogen and oxygen atoms in total. The third-order valence-corrected chi connectivity index (χ3v) is 5.99. The van der Waals surface area contributed by atoms with Gasteiger partial charge in [-0.25, -0.2) is 9.98 Å². The molecule has 5 heteroatoms. The van der Waals surface area contributed by atoms with Crippen LogP contribution in [0.15, 0.2) is 41.0 Å². The van der Waals surface area contributed by atoms with E-state index in [1.54, 1.807) is 0 Å². The van der Waals surface area contributed by atoms with Crippen LogP contribution in [-0.4, -0.2) is 41.3 Å². The van der Waals surface area contributed by atoms with Crippen LogP contribution in [0, 0.1) is 0 Å². The number of aliphatic imine (C=N–C) groups is 1. The minimum atomic E-state index is 0.0506. The van der Waals surface area contributed by atoms with E-state index in [1.807, 2.05) is 23.1 Å². The van der Waals surface area contributed by atoms with Crippen molar-refractivity contribution >= 4 is 34.5 Å². The van der Waals surface area contributed by atoms with Crippen LogP contribution in [0.4, 0.5) is 5.82 Å². The highest BCUT2D eigenvalue weighted by atomic mass is 16.2. The van der Waals surface area contributed by atoms with Gasteiger partial charge >= 0.3 is 0 Å². The first-order chi connectivity index (χ1) is 13.8. The largest absolute Gasteiger partial charge is 0.356 e. The molecule has 144 valence electrons. The van der Waals surface area contributed by atoms with Gasteiger partial charge in [0.25, 0.3) is 5.91 Å². The molecule has 2 fully saturated rings. The number of carbonyl (C=O) groups is 1. The summed E-state index contributed by atoms with van der Waals surface area (Å²) in [6.07, 6.45) is 9.89. The number of piperidine rings is 1. The Bertz CT molecular complexity index is 972. The van der Waals surface area contributed by atoms with Gasteiger partial charge < -0.3 is 4.90 Å². The number of rotatable bonds is 2. The third-order valence-electron chi connectivity index (χ3n) is 5.99. The quantitative estimate of drug-likeness (QED) is 0.733. The molecular weight excluding hydrogens is 348 g/mol. The predicted molar refractivity (Wildman–Crippen MR) is 113 cm³/mol. The maximum atomic E-state index is 13.0. The summed E-state index contributed by atoms with van der Waals surface area (Å²) in [7, 11) is 0. The van der Waals surface area contributed by atoms with E-state index in [0.29, 0.717) is 5.70 Å². The van der Waals surface area contributed by atoms with E-state index in [2.05, 4.69) is 23.1 Å². The van der Waals surface area contributed by atoms with Gasteiger partial charge in [0.15, 0.2) is 0 Å². The molecule has 0 radical (unpaired) electrons. The minimum Gasteiger partial charge on any atom is -0.356 e. The van der Waals surface area contributed by atoms with Crippen molar-refractivity contribution in [1.29, 1.82) is 0 Å². The number of carbonyl (C=O) groups excluding carboxylic acids is 1. The van der Waals surface area contributed by atoms with E-state index in [4.69, 9.17) is 9.98 Å². The van der Waals surface area contributed by atoms with Crippen LogP contribution in [0.3, 0.4) is 0 Å². The monoisotopic (exact) mass is 374 g/mol. The SMILES string of the molecule is O=C1C(=Cc2cc3ccccc3nc2N2CCCCC2)N=C2CCCCCN12. The maximum absolute atomic E-state index is 13.0. The Kier molecular flexibility index (Phi) is 4.59. The lowest BCUT2D eigenvalue weighted by molar-refractivity contribution is -0.122. The molecule has 0 atom stereocenters. The summed E-state index contributed by atoms with van der Waals surface area (Å²) in [5, 5.41) is 1.10. The van der Waals surface area contributed by atoms with Crippen molar-refractivity contribution < 1.29 is 4.79 Å². The van der Waals surface area contributed by atoms with Crippen molar-refractivity contribution in [3.8, 4) is 0 Å². The second-order valence-corrected chi connectivity index (χ2v) is 7.97. The lowest BCUT2D eigenvalue weighted by Gasteiger charge is -2.29. The topological polar surface area (TPSA) is 48.8 Å². The molecule has 3 aliphatic rings. The molecule has 1 aromatic heterocycles. The molecule has 0 N–H and O–H groups in total. The first-order valence-electron chi connectivity index (χ1n) is 10.6. The Morgan fingerprint density at radius 3 is 2.61 bits per heavy atom. The molecule has 4 heterocycles. The molecule has 1 aromatic carbocycles. The van der Waals surface area contributed by atoms with Crippen LogP contribution in [0.25, 0.3) is 17.0 Å². The van der Waals surface area contributed by atoms with Crippen molar-refractivity contribution in [2.75, 3.05) is 24.5 Å². The summed E-state index contributed by atoms with van der Waals surface area (Å²) in [4.78, 5) is 26.9. The number of hydrogen-bond donors (Lipinski definition) is 0. The standard InChI is InChI=1S/C23H26N4O/c28-23-20(24-21-11-3-1-8-14-27(21)23)16-18-15-17-9-4-5-10-19(17)25-22(18)26-12-6-2-7-13-26/h4-5,9-10,15-16H,1-3,6-8,11-14H2. The van der Waals surface area contributed by atoms with Crippen molar-refractivity contribution in [2.45, 2.75) is 44.9 Å². The highest BCUT2D eigenvalue weighted by Crippen LogP contribution is 2.30. The number of nitrogens with zero attached hydrogens (tertiary/aromatic N) is 4. The maximum Gasteiger partial charge on any atom is 0.277 e. The van der Waals surface area contributed by atoms with Gasteiger partial charge in [-0.3, -0.25) is 9.69 Å². The number of fused-ring (bicyclic) bond motifs is 2. The fraction of sp³-hybridized carbons (Fsp3) is 0.435. The van der Waals surface area contributed by atoms with Crippen LogP contribution < -0.4 is 4.90 Å². The van der Waals surface area contributed by atoms with E-state index in [9.17, 15) is 4.79 Å². The van der Waals surface area contributed by atoms with Crippen LogP contribution in [-0.2, 0) is 4.79 Å². The Labute approximate surface area is 165 Å². The smallest absolute Gasteiger partial charge is 0.277 e. The van der Waals surface area contributed by atoms with Gasteiger partial charge in [-0.05, 0) is 50.3 Å². The normalized spacial score (nSPS) is 21.8. The number of benzene rings is 1. The van der Waals surface area contributed by atoms with E-state index in [1.165, 1.54) is 25.7 Å². The highest BCUT2D eigenvalue weighted by Gasteiger charge is 2.31. The van der Waals surface area contributed by atoms with Crippen molar-refractivity contribution in [1.82, 2.24) is 9.88 Å². The minimum absolute atomic E-state index is 0.0506. The van der Waals surface area contributed by atoms with Crippen LogP contribution in [0.5, 0.6) is 0 Å². The molecule has 0 unspecified atom stereocenters. The average Bonchev–Trinajstić information content (AvgIpc) is 2.90. The number of hydrogen-bond acceptors (Lipinski definition) is 4. The Morgan fingerprint density at radius 1 is 0.929 bits per heavy atom. The summed E-state index contributed by atoms with van der Waals surface area (Å²) in [5.74, 6) is 1.98. The second kappa shape index (κ2) is 7.38. The van der Waals surface area contributed by atoms with Crippen LogP contribution >= 0.6 is 0 Å². The van der Waals surface area contributed by atoms with Crippen molar-refractivity contribution in [3.63, 3.8) is 0 Å². The zero-order valence-electron chi connectivity index (χ0n) is 16.2. The predicted octanol–water partition coefficient (Wildman–Crippen LogP) is 4.38. The van der Waals surface area contributed by atoms with E-state index < -0.39 is 0 Å². The Hall–Kier alpha value is -2.69. The summed E-state index contributed by atoms with van der Waals surface area (Å²) in [5.41, 5.74) is 2.57. The van der Waals surface area contributed by atoms with Gasteiger partial charge in [-0.1, -0.05) is 24.6 Å². The average molecular weight is 374 g/mol. The molecule has 0 spiro atoms. The molecule has 0 saturated carbocycles. The first-order valence-corrected chi connectivity index (χ1v) is 10.6. The van der Waals surface area contributed by atoms with Crippen LogP contribution in [0.2, 0.25) is 0 Å². The summed E-state index contributed by atoms with van der Waals surface area (Å²) in [6.45, 7) is 2.84. The molecule has 0 aliphatic carbocycles. The van der Waals surface area contributed by atoms with Gasteiger partial charge in [0, 0.05) is 37.0 Å². The Balaban J connectivity index is 1.59. The van der Waals surface area contributed by atoms with Gasteiger partial charge in [0.2, 0.25) is 0 Å². The highest BCUT2D eigenvalue weighted by molar-refractivity contribution is 6.14. The number of amidine groups is 1. The molecule has 2 saturated heterocycles. The number of pyridine rings is 1. The van der Waals surface area contributed by atoms with Gasteiger partial charge in [0.1, 0.15) is 17.4 Å². The van der Waals surface area contributed by atoms with E-state index >= 15 is 0 Å². The van der Waals surface area contributed by atoms with Crippen LogP contribution in [0.1, 0.15) is 50.5 Å². The number of anilines is 1. The fourth-order valence-electron chi connectivity index (χ4n) is 4.48. The first kappa shape index (κ1) is 17.4. The van der Waals surface area contributed by atoms with Gasteiger partial charge in [-0.15, -0.1) is 0 Å². The van der Waals surface area contributed by atoms with E-state index in [-0.39, 0.29) is 5.91 Å². The fourth-order valence-corrected chi connectivity index (χ4v) is 4.48. The van der Waals surface area contributed by atoms with Crippen molar-refractivity contribution in [3.05, 3.63) is 41.6 Å².